The van der Waals surface area contributed by atoms with Gasteiger partial charge in [0, 0.05) is 18.5 Å². The molecule has 0 fully saturated rings. The number of hydrogen-bond donors (Lipinski definition) is 1. The quantitative estimate of drug-likeness (QED) is 0.493. The summed E-state index contributed by atoms with van der Waals surface area (Å²) in [6.45, 7) is 10.3. The Hall–Kier alpha value is -3.40. The second-order valence-corrected chi connectivity index (χ2v) is 10.1. The van der Waals surface area contributed by atoms with Crippen molar-refractivity contribution in [3.8, 4) is 0 Å². The van der Waals surface area contributed by atoms with E-state index >= 15 is 0 Å². The van der Waals surface area contributed by atoms with Crippen molar-refractivity contribution in [3.05, 3.63) is 107 Å². The van der Waals surface area contributed by atoms with Crippen molar-refractivity contribution in [2.75, 3.05) is 0 Å². The van der Waals surface area contributed by atoms with Crippen LogP contribution < -0.4 is 5.32 Å². The van der Waals surface area contributed by atoms with Crippen LogP contribution in [-0.4, -0.2) is 28.3 Å². The number of rotatable bonds is 8. The molecule has 0 aliphatic carbocycles. The van der Waals surface area contributed by atoms with Crippen LogP contribution in [-0.2, 0) is 29.0 Å². The van der Waals surface area contributed by atoms with Crippen molar-refractivity contribution in [1.29, 1.82) is 0 Å². The van der Waals surface area contributed by atoms with Crippen molar-refractivity contribution in [2.45, 2.75) is 65.6 Å². The van der Waals surface area contributed by atoms with Gasteiger partial charge in [0.1, 0.15) is 6.04 Å². The maximum absolute atomic E-state index is 13.7. The summed E-state index contributed by atoms with van der Waals surface area (Å²) < 4.78 is 0. The Labute approximate surface area is 204 Å². The van der Waals surface area contributed by atoms with E-state index < -0.39 is 11.6 Å². The Balaban J connectivity index is 1.98. The van der Waals surface area contributed by atoms with Gasteiger partial charge < -0.3 is 10.2 Å². The summed E-state index contributed by atoms with van der Waals surface area (Å²) in [5.74, 6) is -0.198. The molecule has 1 atom stereocenters. The molecule has 0 aliphatic rings. The van der Waals surface area contributed by atoms with Crippen LogP contribution in [0.5, 0.6) is 0 Å². The molecule has 0 saturated heterocycles. The van der Waals surface area contributed by atoms with Crippen LogP contribution in [0.3, 0.4) is 0 Å². The van der Waals surface area contributed by atoms with Crippen molar-refractivity contribution < 1.29 is 9.59 Å². The highest BCUT2D eigenvalue weighted by atomic mass is 16.2. The van der Waals surface area contributed by atoms with Crippen molar-refractivity contribution in [1.82, 2.24) is 10.2 Å². The molecule has 3 aromatic carbocycles. The molecule has 1 N–H and O–H groups in total. The number of carbonyl (C=O) groups excluding carboxylic acids is 2. The van der Waals surface area contributed by atoms with E-state index in [1.807, 2.05) is 107 Å². The minimum absolute atomic E-state index is 0.0599. The fourth-order valence-electron chi connectivity index (χ4n) is 4.00. The molecule has 4 heteroatoms. The van der Waals surface area contributed by atoms with Crippen molar-refractivity contribution >= 4 is 11.8 Å². The van der Waals surface area contributed by atoms with Crippen LogP contribution in [0.4, 0.5) is 0 Å². The molecule has 0 bridgehead atoms. The first-order valence-electron chi connectivity index (χ1n) is 11.9. The van der Waals surface area contributed by atoms with Gasteiger partial charge in [0.05, 0.1) is 6.42 Å². The van der Waals surface area contributed by atoms with Crippen LogP contribution in [0, 0.1) is 13.8 Å². The molecule has 0 radical (unpaired) electrons. The van der Waals surface area contributed by atoms with Crippen LogP contribution in [0.2, 0.25) is 0 Å². The fraction of sp³-hybridized carbons (Fsp3) is 0.333. The third-order valence-electron chi connectivity index (χ3n) is 5.68. The summed E-state index contributed by atoms with van der Waals surface area (Å²) >= 11 is 0. The van der Waals surface area contributed by atoms with E-state index in [4.69, 9.17) is 0 Å². The summed E-state index contributed by atoms with van der Waals surface area (Å²) in [7, 11) is 0. The van der Waals surface area contributed by atoms with Crippen LogP contribution in [0.25, 0.3) is 0 Å². The van der Waals surface area contributed by atoms with E-state index in [0.29, 0.717) is 13.0 Å². The predicted octanol–water partition coefficient (Wildman–Crippen LogP) is 5.40. The summed E-state index contributed by atoms with van der Waals surface area (Å²) in [6, 6.07) is 25.4. The molecule has 0 spiro atoms. The number of nitrogens with one attached hydrogen (secondary N) is 1. The summed E-state index contributed by atoms with van der Waals surface area (Å²) in [4.78, 5) is 29.0. The van der Waals surface area contributed by atoms with Crippen LogP contribution in [0.1, 0.15) is 48.6 Å². The first kappa shape index (κ1) is 25.2. The minimum Gasteiger partial charge on any atom is -0.350 e. The first-order chi connectivity index (χ1) is 16.1. The second kappa shape index (κ2) is 11.1. The first-order valence-corrected chi connectivity index (χ1v) is 11.9. The minimum atomic E-state index is -0.625. The largest absolute Gasteiger partial charge is 0.350 e. The van der Waals surface area contributed by atoms with Gasteiger partial charge in [-0.05, 0) is 51.3 Å². The highest BCUT2D eigenvalue weighted by Crippen LogP contribution is 2.18. The zero-order valence-electron chi connectivity index (χ0n) is 21.0. The van der Waals surface area contributed by atoms with Gasteiger partial charge in [0.25, 0.3) is 0 Å². The standard InChI is InChI=1S/C30H36N2O2/c1-22-14-16-25(17-15-22)20-28(33)32(21-26-13-9-10-23(2)18-26)27(29(34)31-30(3,4)5)19-24-11-7-6-8-12-24/h6-18,27H,19-21H2,1-5H3,(H,31,34)/t27-/m0/s1. The molecule has 34 heavy (non-hydrogen) atoms. The van der Waals surface area contributed by atoms with Gasteiger partial charge in [0.2, 0.25) is 11.8 Å². The molecule has 0 heterocycles. The van der Waals surface area contributed by atoms with Gasteiger partial charge in [-0.25, -0.2) is 0 Å². The summed E-state index contributed by atoms with van der Waals surface area (Å²) in [6.07, 6.45) is 0.703. The van der Waals surface area contributed by atoms with Crippen LogP contribution >= 0.6 is 0 Å². The third kappa shape index (κ3) is 7.58. The van der Waals surface area contributed by atoms with Gasteiger partial charge in [-0.2, -0.15) is 0 Å². The van der Waals surface area contributed by atoms with E-state index in [1.54, 1.807) is 4.90 Å². The van der Waals surface area contributed by atoms with E-state index in [2.05, 4.69) is 11.4 Å². The Morgan fingerprint density at radius 2 is 1.44 bits per heavy atom. The van der Waals surface area contributed by atoms with E-state index in [1.165, 1.54) is 0 Å². The van der Waals surface area contributed by atoms with Gasteiger partial charge in [-0.1, -0.05) is 90.0 Å². The summed E-state index contributed by atoms with van der Waals surface area (Å²) in [5, 5.41) is 3.11. The van der Waals surface area contributed by atoms with E-state index in [-0.39, 0.29) is 18.2 Å². The molecular weight excluding hydrogens is 420 g/mol. The Bertz CT molecular complexity index is 1100. The molecule has 0 aromatic heterocycles. The number of nitrogens with zero attached hydrogens (tertiary/aromatic N) is 1. The van der Waals surface area contributed by atoms with Gasteiger partial charge in [-0.3, -0.25) is 9.59 Å². The van der Waals surface area contributed by atoms with E-state index in [0.717, 1.165) is 27.8 Å². The molecule has 178 valence electrons. The Kier molecular flexibility index (Phi) is 8.27. The normalized spacial score (nSPS) is 12.1. The molecular formula is C30H36N2O2. The highest BCUT2D eigenvalue weighted by Gasteiger charge is 2.32. The topological polar surface area (TPSA) is 49.4 Å². The Morgan fingerprint density at radius 1 is 0.794 bits per heavy atom. The average molecular weight is 457 g/mol. The fourth-order valence-corrected chi connectivity index (χ4v) is 4.00. The second-order valence-electron chi connectivity index (χ2n) is 10.1. The zero-order chi connectivity index (χ0) is 24.7. The smallest absolute Gasteiger partial charge is 0.243 e. The molecule has 3 rings (SSSR count). The summed E-state index contributed by atoms with van der Waals surface area (Å²) in [5.41, 5.74) is 4.86. The number of benzene rings is 3. The lowest BCUT2D eigenvalue weighted by atomic mass is 9.99. The predicted molar refractivity (Wildman–Crippen MR) is 138 cm³/mol. The number of hydrogen-bond acceptors (Lipinski definition) is 2. The average Bonchev–Trinajstić information content (AvgIpc) is 2.77. The lowest BCUT2D eigenvalue weighted by molar-refractivity contribution is -0.141. The van der Waals surface area contributed by atoms with E-state index in [9.17, 15) is 9.59 Å². The maximum Gasteiger partial charge on any atom is 0.243 e. The highest BCUT2D eigenvalue weighted by molar-refractivity contribution is 5.89. The van der Waals surface area contributed by atoms with Crippen molar-refractivity contribution in [3.63, 3.8) is 0 Å². The maximum atomic E-state index is 13.7. The number of amides is 2. The monoisotopic (exact) mass is 456 g/mol. The van der Waals surface area contributed by atoms with Gasteiger partial charge in [-0.15, -0.1) is 0 Å². The third-order valence-corrected chi connectivity index (χ3v) is 5.68. The van der Waals surface area contributed by atoms with Gasteiger partial charge >= 0.3 is 0 Å². The molecule has 0 unspecified atom stereocenters. The van der Waals surface area contributed by atoms with Gasteiger partial charge in [0.15, 0.2) is 0 Å². The molecule has 4 nitrogen and oxygen atoms in total. The molecule has 0 saturated carbocycles. The molecule has 2 amide bonds. The lowest BCUT2D eigenvalue weighted by Crippen LogP contribution is -2.54. The van der Waals surface area contributed by atoms with Crippen molar-refractivity contribution in [2.24, 2.45) is 0 Å². The SMILES string of the molecule is Cc1ccc(CC(=O)N(Cc2cccc(C)c2)[C@@H](Cc2ccccc2)C(=O)NC(C)(C)C)cc1. The number of carbonyl (C=O) groups is 2. The number of aryl methyl sites for hydroxylation is 2. The zero-order valence-corrected chi connectivity index (χ0v) is 21.0. The molecule has 0 aliphatic heterocycles. The molecule has 3 aromatic rings. The Morgan fingerprint density at radius 3 is 2.06 bits per heavy atom. The lowest BCUT2D eigenvalue weighted by Gasteiger charge is -2.34. The van der Waals surface area contributed by atoms with Crippen LogP contribution in [0.15, 0.2) is 78.9 Å².